The Kier molecular flexibility index (Phi) is 11.7. The fraction of sp³-hybridized carbons (Fsp3) is 0.700. The van der Waals surface area contributed by atoms with Crippen LogP contribution in [-0.2, 0) is 6.42 Å². The average Bonchev–Trinajstić information content (AvgIpc) is 3.37. The van der Waals surface area contributed by atoms with Gasteiger partial charge < -0.3 is 4.90 Å². The quantitative estimate of drug-likeness (QED) is 0.311. The number of hydrogen-bond acceptors (Lipinski definition) is 1. The zero-order valence-electron chi connectivity index (χ0n) is 27.1. The van der Waals surface area contributed by atoms with Crippen LogP contribution < -0.4 is 4.90 Å². The van der Waals surface area contributed by atoms with E-state index in [1.807, 2.05) is 0 Å². The summed E-state index contributed by atoms with van der Waals surface area (Å²) in [4.78, 5) is 2.88. The van der Waals surface area contributed by atoms with Crippen LogP contribution in [0.15, 0.2) is 36.4 Å². The van der Waals surface area contributed by atoms with Crippen molar-refractivity contribution in [2.45, 2.75) is 168 Å². The van der Waals surface area contributed by atoms with E-state index in [-0.39, 0.29) is 0 Å². The van der Waals surface area contributed by atoms with E-state index >= 15 is 0 Å². The smallest absolute Gasteiger partial charge is 0.0377 e. The van der Waals surface area contributed by atoms with Crippen LogP contribution in [0.1, 0.15) is 159 Å². The molecule has 0 N–H and O–H groups in total. The first kappa shape index (κ1) is 30.7. The first-order valence-corrected chi connectivity index (χ1v) is 18.1. The Labute approximate surface area is 253 Å². The predicted molar refractivity (Wildman–Crippen MR) is 180 cm³/mol. The average molecular weight is 556 g/mol. The van der Waals surface area contributed by atoms with Crippen LogP contribution in [0.5, 0.6) is 0 Å². The van der Waals surface area contributed by atoms with E-state index in [2.05, 4.69) is 62.1 Å². The fourth-order valence-electron chi connectivity index (χ4n) is 8.48. The number of benzene rings is 2. The number of aryl methyl sites for hydroxylation is 1. The van der Waals surface area contributed by atoms with Gasteiger partial charge in [0.2, 0.25) is 0 Å². The summed E-state index contributed by atoms with van der Waals surface area (Å²) in [6.07, 6.45) is 30.1. The Hall–Kier alpha value is -1.76. The van der Waals surface area contributed by atoms with Crippen molar-refractivity contribution < 1.29 is 0 Å². The molecule has 0 saturated heterocycles. The molecule has 1 nitrogen and oxygen atoms in total. The van der Waals surface area contributed by atoms with E-state index in [1.54, 1.807) is 0 Å². The third-order valence-electron chi connectivity index (χ3n) is 11.1. The van der Waals surface area contributed by atoms with E-state index in [0.29, 0.717) is 0 Å². The van der Waals surface area contributed by atoms with Crippen molar-refractivity contribution in [3.05, 3.63) is 53.1 Å². The molecule has 1 heteroatoms. The second-order valence-electron chi connectivity index (χ2n) is 14.7. The molecule has 5 aliphatic carbocycles. The first-order valence-electron chi connectivity index (χ1n) is 18.1. The Morgan fingerprint density at radius 1 is 0.488 bits per heavy atom. The Morgan fingerprint density at radius 3 is 1.34 bits per heavy atom. The van der Waals surface area contributed by atoms with Crippen LogP contribution in [0.3, 0.4) is 0 Å². The first-order chi connectivity index (χ1) is 20.1. The molecular formula is C40H61N. The van der Waals surface area contributed by atoms with Crippen molar-refractivity contribution in [3.63, 3.8) is 0 Å². The van der Waals surface area contributed by atoms with Crippen molar-refractivity contribution in [2.24, 2.45) is 11.8 Å². The van der Waals surface area contributed by atoms with Crippen molar-refractivity contribution >= 4 is 5.69 Å². The molecule has 0 atom stereocenters. The number of nitrogens with zero attached hydrogens (tertiary/aromatic N) is 1. The number of rotatable bonds is 3. The molecule has 2 aromatic carbocycles. The second-order valence-corrected chi connectivity index (χ2v) is 14.7. The molecule has 41 heavy (non-hydrogen) atoms. The standard InChI is InChI=1S/C26H33N.2C7H14/c1-19-12-13-20-17-21-14-15-24(18-26(21)25(20)16-19)27(22-8-4-2-5-9-22)23-10-6-3-7-11-23;2*1-7-5-3-2-4-6-7/h12-16,18,22-23H,2-11,17H2,1H3;2*7H,2-6H2,1H3. The van der Waals surface area contributed by atoms with Crippen LogP contribution in [0.2, 0.25) is 0 Å². The van der Waals surface area contributed by atoms with Gasteiger partial charge in [-0.15, -0.1) is 0 Å². The maximum atomic E-state index is 2.88. The monoisotopic (exact) mass is 555 g/mol. The van der Waals surface area contributed by atoms with E-state index in [4.69, 9.17) is 0 Å². The van der Waals surface area contributed by atoms with E-state index in [9.17, 15) is 0 Å². The Morgan fingerprint density at radius 2 is 0.902 bits per heavy atom. The molecule has 0 spiro atoms. The van der Waals surface area contributed by atoms with E-state index in [1.165, 1.54) is 162 Å². The van der Waals surface area contributed by atoms with E-state index in [0.717, 1.165) is 30.3 Å². The largest absolute Gasteiger partial charge is 0.366 e. The number of hydrogen-bond donors (Lipinski definition) is 0. The van der Waals surface area contributed by atoms with Gasteiger partial charge in [0, 0.05) is 17.8 Å². The highest BCUT2D eigenvalue weighted by atomic mass is 15.2. The molecule has 5 aliphatic rings. The Balaban J connectivity index is 0.000000197. The summed E-state index contributed by atoms with van der Waals surface area (Å²) in [6, 6.07) is 15.9. The molecule has 4 saturated carbocycles. The molecule has 2 aromatic rings. The molecule has 0 heterocycles. The zero-order chi connectivity index (χ0) is 28.4. The number of fused-ring (bicyclic) bond motifs is 3. The normalized spacial score (nSPS) is 22.0. The third kappa shape index (κ3) is 8.64. The van der Waals surface area contributed by atoms with Crippen LogP contribution in [-0.4, -0.2) is 12.1 Å². The Bertz CT molecular complexity index is 1010. The van der Waals surface area contributed by atoms with Crippen molar-refractivity contribution in [1.82, 2.24) is 0 Å². The minimum Gasteiger partial charge on any atom is -0.366 e. The zero-order valence-corrected chi connectivity index (χ0v) is 27.1. The van der Waals surface area contributed by atoms with Crippen LogP contribution >= 0.6 is 0 Å². The van der Waals surface area contributed by atoms with Gasteiger partial charge in [-0.05, 0) is 85.3 Å². The van der Waals surface area contributed by atoms with Gasteiger partial charge in [-0.2, -0.15) is 0 Å². The highest BCUT2D eigenvalue weighted by molar-refractivity contribution is 5.80. The van der Waals surface area contributed by atoms with Gasteiger partial charge >= 0.3 is 0 Å². The van der Waals surface area contributed by atoms with Gasteiger partial charge in [0.05, 0.1) is 0 Å². The summed E-state index contributed by atoms with van der Waals surface area (Å²) in [5.74, 6) is 2.07. The van der Waals surface area contributed by atoms with Crippen LogP contribution in [0, 0.1) is 18.8 Å². The van der Waals surface area contributed by atoms with E-state index < -0.39 is 0 Å². The SMILES string of the molecule is CC1CCCCC1.CC1CCCCC1.Cc1ccc2c(c1)-c1cc(N(C3CCCCC3)C3CCCCC3)ccc1C2. The number of anilines is 1. The lowest BCUT2D eigenvalue weighted by Crippen LogP contribution is -2.45. The van der Waals surface area contributed by atoms with Gasteiger partial charge in [0.15, 0.2) is 0 Å². The lowest BCUT2D eigenvalue weighted by Gasteiger charge is -2.43. The van der Waals surface area contributed by atoms with Crippen molar-refractivity contribution in [1.29, 1.82) is 0 Å². The molecule has 0 bridgehead atoms. The molecule has 0 unspecified atom stereocenters. The molecule has 226 valence electrons. The van der Waals surface area contributed by atoms with Crippen LogP contribution in [0.4, 0.5) is 5.69 Å². The highest BCUT2D eigenvalue weighted by Gasteiger charge is 2.30. The minimum absolute atomic E-state index is 0.762. The molecule has 7 rings (SSSR count). The van der Waals surface area contributed by atoms with Gasteiger partial charge in [0.25, 0.3) is 0 Å². The van der Waals surface area contributed by atoms with Gasteiger partial charge in [-0.25, -0.2) is 0 Å². The molecule has 0 aliphatic heterocycles. The molecular weight excluding hydrogens is 494 g/mol. The summed E-state index contributed by atoms with van der Waals surface area (Å²) < 4.78 is 0. The minimum atomic E-state index is 0.762. The lowest BCUT2D eigenvalue weighted by molar-refractivity contribution is 0.340. The highest BCUT2D eigenvalue weighted by Crippen LogP contribution is 2.42. The summed E-state index contributed by atoms with van der Waals surface area (Å²) in [5.41, 5.74) is 8.90. The maximum Gasteiger partial charge on any atom is 0.0377 e. The molecule has 4 fully saturated rings. The van der Waals surface area contributed by atoms with Gasteiger partial charge in [0.1, 0.15) is 0 Å². The molecule has 0 aromatic heterocycles. The molecule has 0 radical (unpaired) electrons. The lowest BCUT2D eigenvalue weighted by atomic mass is 9.88. The third-order valence-corrected chi connectivity index (χ3v) is 11.1. The molecule has 0 amide bonds. The summed E-state index contributed by atoms with van der Waals surface area (Å²) >= 11 is 0. The topological polar surface area (TPSA) is 3.24 Å². The predicted octanol–water partition coefficient (Wildman–Crippen LogP) is 12.2. The summed E-state index contributed by atoms with van der Waals surface area (Å²) in [7, 11) is 0. The van der Waals surface area contributed by atoms with Crippen LogP contribution in [0.25, 0.3) is 11.1 Å². The van der Waals surface area contributed by atoms with Crippen molar-refractivity contribution in [3.8, 4) is 11.1 Å². The van der Waals surface area contributed by atoms with Gasteiger partial charge in [-0.3, -0.25) is 0 Å². The summed E-state index contributed by atoms with van der Waals surface area (Å²) in [5, 5.41) is 0. The summed E-state index contributed by atoms with van der Waals surface area (Å²) in [6.45, 7) is 6.94. The van der Waals surface area contributed by atoms with Gasteiger partial charge in [-0.1, -0.05) is 146 Å². The second kappa shape index (κ2) is 15.6. The fourth-order valence-corrected chi connectivity index (χ4v) is 8.48. The van der Waals surface area contributed by atoms with Crippen molar-refractivity contribution in [2.75, 3.05) is 4.90 Å². The maximum absolute atomic E-state index is 2.88.